The normalized spacial score (nSPS) is 22.8. The Hall–Kier alpha value is -1.43. The molecule has 2 aliphatic heterocycles. The summed E-state index contributed by atoms with van der Waals surface area (Å²) in [7, 11) is 0. The van der Waals surface area contributed by atoms with Gasteiger partial charge in [0, 0.05) is 31.7 Å². The third-order valence-electron chi connectivity index (χ3n) is 5.73. The summed E-state index contributed by atoms with van der Waals surface area (Å²) in [5, 5.41) is 6.60. The minimum Gasteiger partial charge on any atom is -0.379 e. The molecular weight excluding hydrogens is 326 g/mol. The highest BCUT2D eigenvalue weighted by Gasteiger charge is 2.22. The van der Waals surface area contributed by atoms with Gasteiger partial charge in [-0.3, -0.25) is 9.69 Å². The van der Waals surface area contributed by atoms with Crippen LogP contribution in [0.4, 0.5) is 5.69 Å². The van der Waals surface area contributed by atoms with E-state index in [1.54, 1.807) is 0 Å². The predicted octanol–water partition coefficient (Wildman–Crippen LogP) is 2.79. The minimum atomic E-state index is 0.134. The van der Waals surface area contributed by atoms with Crippen LogP contribution >= 0.6 is 0 Å². The zero-order valence-corrected chi connectivity index (χ0v) is 16.2. The molecule has 2 unspecified atom stereocenters. The minimum absolute atomic E-state index is 0.134. The number of ether oxygens (including phenoxy) is 1. The van der Waals surface area contributed by atoms with E-state index >= 15 is 0 Å². The topological polar surface area (TPSA) is 53.6 Å². The molecule has 5 nitrogen and oxygen atoms in total. The molecule has 2 saturated heterocycles. The van der Waals surface area contributed by atoms with Gasteiger partial charge in [0.05, 0.1) is 13.2 Å². The summed E-state index contributed by atoms with van der Waals surface area (Å²) >= 11 is 0. The number of amides is 1. The first-order valence-corrected chi connectivity index (χ1v) is 10.0. The second-order valence-electron chi connectivity index (χ2n) is 7.87. The Kier molecular flexibility index (Phi) is 7.06. The molecule has 1 amide bonds. The Bertz CT molecular complexity index is 593. The van der Waals surface area contributed by atoms with Crippen molar-refractivity contribution in [1.82, 2.24) is 10.2 Å². The molecule has 2 heterocycles. The molecule has 0 spiro atoms. The van der Waals surface area contributed by atoms with Gasteiger partial charge in [0.2, 0.25) is 5.91 Å². The number of hydrogen-bond acceptors (Lipinski definition) is 4. The van der Waals surface area contributed by atoms with E-state index in [-0.39, 0.29) is 5.91 Å². The Balaban J connectivity index is 1.55. The number of carbonyl (C=O) groups is 1. The highest BCUT2D eigenvalue weighted by Crippen LogP contribution is 2.24. The summed E-state index contributed by atoms with van der Waals surface area (Å²) in [5.74, 6) is 1.16. The molecule has 2 atom stereocenters. The van der Waals surface area contributed by atoms with Crippen molar-refractivity contribution in [3.63, 3.8) is 0 Å². The van der Waals surface area contributed by atoms with E-state index in [2.05, 4.69) is 47.6 Å². The number of aryl methyl sites for hydroxylation is 1. The molecule has 3 rings (SSSR count). The molecule has 144 valence electrons. The van der Waals surface area contributed by atoms with Crippen molar-refractivity contribution in [2.24, 2.45) is 11.8 Å². The van der Waals surface area contributed by atoms with Crippen LogP contribution in [-0.4, -0.2) is 50.2 Å². The lowest BCUT2D eigenvalue weighted by molar-refractivity contribution is -0.117. The number of benzene rings is 1. The van der Waals surface area contributed by atoms with Crippen LogP contribution in [0.5, 0.6) is 0 Å². The standard InChI is InChI=1S/C21H33N3O2/c1-16-5-6-18(15-24-8-10-26-11-9-24)13-20(16)23-21(25)12-17(2)19-4-3-7-22-14-19/h5-6,13,17,19,22H,3-4,7-12,14-15H2,1-2H3,(H,23,25). The van der Waals surface area contributed by atoms with Crippen molar-refractivity contribution in [3.05, 3.63) is 29.3 Å². The molecule has 0 bridgehead atoms. The first-order valence-electron chi connectivity index (χ1n) is 10.0. The number of nitrogens with zero attached hydrogens (tertiary/aromatic N) is 1. The molecule has 2 aliphatic rings. The van der Waals surface area contributed by atoms with Gasteiger partial charge in [0.1, 0.15) is 0 Å². The number of morpholine rings is 1. The number of carbonyl (C=O) groups excluding carboxylic acids is 1. The maximum absolute atomic E-state index is 12.6. The molecule has 0 aromatic heterocycles. The quantitative estimate of drug-likeness (QED) is 0.820. The number of hydrogen-bond donors (Lipinski definition) is 2. The molecule has 5 heteroatoms. The molecular formula is C21H33N3O2. The predicted molar refractivity (Wildman–Crippen MR) is 105 cm³/mol. The van der Waals surface area contributed by atoms with Crippen LogP contribution in [0.15, 0.2) is 18.2 Å². The Morgan fingerprint density at radius 3 is 2.92 bits per heavy atom. The molecule has 2 fully saturated rings. The van der Waals surface area contributed by atoms with Gasteiger partial charge < -0.3 is 15.4 Å². The van der Waals surface area contributed by atoms with Gasteiger partial charge in [0.25, 0.3) is 0 Å². The highest BCUT2D eigenvalue weighted by atomic mass is 16.5. The molecule has 1 aromatic carbocycles. The summed E-state index contributed by atoms with van der Waals surface area (Å²) in [6.45, 7) is 10.9. The third kappa shape index (κ3) is 5.53. The van der Waals surface area contributed by atoms with Gasteiger partial charge >= 0.3 is 0 Å². The summed E-state index contributed by atoms with van der Waals surface area (Å²) in [5.41, 5.74) is 3.32. The van der Waals surface area contributed by atoms with Crippen molar-refractivity contribution < 1.29 is 9.53 Å². The maximum Gasteiger partial charge on any atom is 0.224 e. The lowest BCUT2D eigenvalue weighted by Gasteiger charge is -2.28. The van der Waals surface area contributed by atoms with E-state index in [0.717, 1.165) is 57.2 Å². The molecule has 0 radical (unpaired) electrons. The number of anilines is 1. The van der Waals surface area contributed by atoms with Gasteiger partial charge in [-0.2, -0.15) is 0 Å². The lowest BCUT2D eigenvalue weighted by Crippen LogP contribution is -2.35. The Morgan fingerprint density at radius 2 is 2.19 bits per heavy atom. The van der Waals surface area contributed by atoms with E-state index in [4.69, 9.17) is 4.74 Å². The highest BCUT2D eigenvalue weighted by molar-refractivity contribution is 5.91. The van der Waals surface area contributed by atoms with E-state index in [1.807, 2.05) is 0 Å². The first kappa shape index (κ1) is 19.3. The fourth-order valence-corrected chi connectivity index (χ4v) is 3.94. The smallest absolute Gasteiger partial charge is 0.224 e. The van der Waals surface area contributed by atoms with Gasteiger partial charge in [-0.05, 0) is 61.9 Å². The van der Waals surface area contributed by atoms with Crippen molar-refractivity contribution in [3.8, 4) is 0 Å². The van der Waals surface area contributed by atoms with Crippen LogP contribution in [0.1, 0.15) is 37.3 Å². The summed E-state index contributed by atoms with van der Waals surface area (Å²) in [6.07, 6.45) is 3.05. The second kappa shape index (κ2) is 9.49. The van der Waals surface area contributed by atoms with Gasteiger partial charge in [-0.1, -0.05) is 19.1 Å². The van der Waals surface area contributed by atoms with Crippen LogP contribution in [0.3, 0.4) is 0 Å². The van der Waals surface area contributed by atoms with Crippen molar-refractivity contribution in [1.29, 1.82) is 0 Å². The van der Waals surface area contributed by atoms with E-state index in [1.165, 1.54) is 18.4 Å². The fraction of sp³-hybridized carbons (Fsp3) is 0.667. The van der Waals surface area contributed by atoms with Gasteiger partial charge in [0.15, 0.2) is 0 Å². The molecule has 0 saturated carbocycles. The largest absolute Gasteiger partial charge is 0.379 e. The van der Waals surface area contributed by atoms with Crippen LogP contribution in [0.2, 0.25) is 0 Å². The van der Waals surface area contributed by atoms with E-state index in [0.29, 0.717) is 18.3 Å². The first-order chi connectivity index (χ1) is 12.6. The zero-order valence-electron chi connectivity index (χ0n) is 16.2. The number of nitrogens with one attached hydrogen (secondary N) is 2. The second-order valence-corrected chi connectivity index (χ2v) is 7.87. The molecule has 26 heavy (non-hydrogen) atoms. The number of piperidine rings is 1. The summed E-state index contributed by atoms with van der Waals surface area (Å²) in [6, 6.07) is 6.41. The van der Waals surface area contributed by atoms with Crippen LogP contribution in [0.25, 0.3) is 0 Å². The zero-order chi connectivity index (χ0) is 18.4. The third-order valence-corrected chi connectivity index (χ3v) is 5.73. The van der Waals surface area contributed by atoms with E-state index in [9.17, 15) is 4.79 Å². The van der Waals surface area contributed by atoms with Crippen LogP contribution < -0.4 is 10.6 Å². The van der Waals surface area contributed by atoms with Gasteiger partial charge in [-0.25, -0.2) is 0 Å². The number of rotatable bonds is 6. The molecule has 0 aliphatic carbocycles. The van der Waals surface area contributed by atoms with Gasteiger partial charge in [-0.15, -0.1) is 0 Å². The van der Waals surface area contributed by atoms with Crippen LogP contribution in [0, 0.1) is 18.8 Å². The Morgan fingerprint density at radius 1 is 1.38 bits per heavy atom. The maximum atomic E-state index is 12.6. The Labute approximate surface area is 157 Å². The SMILES string of the molecule is Cc1ccc(CN2CCOCC2)cc1NC(=O)CC(C)C1CCCNC1. The average Bonchev–Trinajstić information content (AvgIpc) is 2.66. The van der Waals surface area contributed by atoms with Crippen molar-refractivity contribution >= 4 is 11.6 Å². The van der Waals surface area contributed by atoms with Crippen molar-refractivity contribution in [2.75, 3.05) is 44.7 Å². The van der Waals surface area contributed by atoms with E-state index < -0.39 is 0 Å². The summed E-state index contributed by atoms with van der Waals surface area (Å²) in [4.78, 5) is 15.0. The molecule has 2 N–H and O–H groups in total. The lowest BCUT2D eigenvalue weighted by atomic mass is 9.85. The van der Waals surface area contributed by atoms with Crippen LogP contribution in [-0.2, 0) is 16.1 Å². The summed E-state index contributed by atoms with van der Waals surface area (Å²) < 4.78 is 5.42. The fourth-order valence-electron chi connectivity index (χ4n) is 3.94. The van der Waals surface area contributed by atoms with Crippen molar-refractivity contribution in [2.45, 2.75) is 39.7 Å². The molecule has 1 aromatic rings. The monoisotopic (exact) mass is 359 g/mol. The average molecular weight is 360 g/mol.